The number of imide groups is 1. The predicted molar refractivity (Wildman–Crippen MR) is 89.7 cm³/mol. The highest BCUT2D eigenvalue weighted by atomic mass is 16.5. The molecule has 0 radical (unpaired) electrons. The van der Waals surface area contributed by atoms with Gasteiger partial charge in [0, 0.05) is 0 Å². The highest BCUT2D eigenvalue weighted by molar-refractivity contribution is 6.21. The Morgan fingerprint density at radius 1 is 1.04 bits per heavy atom. The van der Waals surface area contributed by atoms with Crippen LogP contribution in [0.3, 0.4) is 0 Å². The van der Waals surface area contributed by atoms with Crippen molar-refractivity contribution in [1.82, 2.24) is 4.90 Å². The van der Waals surface area contributed by atoms with Crippen molar-refractivity contribution in [2.75, 3.05) is 14.2 Å². The van der Waals surface area contributed by atoms with E-state index in [-0.39, 0.29) is 18.4 Å². The van der Waals surface area contributed by atoms with E-state index in [9.17, 15) is 14.4 Å². The second-order valence-electron chi connectivity index (χ2n) is 5.71. The summed E-state index contributed by atoms with van der Waals surface area (Å²) >= 11 is 0. The van der Waals surface area contributed by atoms with Gasteiger partial charge in [-0.15, -0.1) is 0 Å². The molecule has 0 unspecified atom stereocenters. The maximum atomic E-state index is 12.5. The summed E-state index contributed by atoms with van der Waals surface area (Å²) in [6.45, 7) is 1.77. The van der Waals surface area contributed by atoms with Crippen molar-refractivity contribution in [1.29, 1.82) is 0 Å². The second kappa shape index (κ2) is 6.39. The molecule has 6 heteroatoms. The molecule has 0 bridgehead atoms. The molecule has 2 amide bonds. The Balaban J connectivity index is 2.02. The molecule has 128 valence electrons. The Morgan fingerprint density at radius 2 is 1.64 bits per heavy atom. The average molecular weight is 339 g/mol. The van der Waals surface area contributed by atoms with Crippen LogP contribution in [-0.2, 0) is 11.3 Å². The van der Waals surface area contributed by atoms with Gasteiger partial charge in [0.2, 0.25) is 0 Å². The quantitative estimate of drug-likeness (QED) is 0.632. The van der Waals surface area contributed by atoms with E-state index in [4.69, 9.17) is 9.47 Å². The van der Waals surface area contributed by atoms with Crippen LogP contribution in [0.4, 0.5) is 0 Å². The number of amides is 2. The molecule has 1 aliphatic rings. The number of carbonyl (C=O) groups is 3. The molecule has 6 nitrogen and oxygen atoms in total. The lowest BCUT2D eigenvalue weighted by Crippen LogP contribution is -2.30. The lowest BCUT2D eigenvalue weighted by Gasteiger charge is -2.18. The molecule has 0 N–H and O–H groups in total. The van der Waals surface area contributed by atoms with Gasteiger partial charge in [0.05, 0.1) is 37.5 Å². The molecule has 1 heterocycles. The zero-order valence-electron chi connectivity index (χ0n) is 14.2. The minimum Gasteiger partial charge on any atom is -0.496 e. The van der Waals surface area contributed by atoms with Crippen LogP contribution >= 0.6 is 0 Å². The summed E-state index contributed by atoms with van der Waals surface area (Å²) in [5.41, 5.74) is 2.28. The van der Waals surface area contributed by atoms with E-state index >= 15 is 0 Å². The van der Waals surface area contributed by atoms with Crippen molar-refractivity contribution in [2.24, 2.45) is 0 Å². The Hall–Kier alpha value is -3.15. The van der Waals surface area contributed by atoms with Crippen molar-refractivity contribution >= 4 is 17.8 Å². The summed E-state index contributed by atoms with van der Waals surface area (Å²) in [5, 5.41) is 0. The van der Waals surface area contributed by atoms with Crippen LogP contribution in [-0.4, -0.2) is 36.9 Å². The van der Waals surface area contributed by atoms with Crippen LogP contribution in [0.5, 0.6) is 5.75 Å². The Morgan fingerprint density at radius 3 is 2.16 bits per heavy atom. The largest absolute Gasteiger partial charge is 0.496 e. The Labute approximate surface area is 145 Å². The predicted octanol–water partition coefficient (Wildman–Crippen LogP) is 2.59. The van der Waals surface area contributed by atoms with E-state index in [0.29, 0.717) is 28.0 Å². The number of ether oxygens (including phenoxy) is 2. The van der Waals surface area contributed by atoms with Gasteiger partial charge in [-0.3, -0.25) is 14.5 Å². The van der Waals surface area contributed by atoms with Crippen molar-refractivity contribution in [3.8, 4) is 5.75 Å². The van der Waals surface area contributed by atoms with Crippen molar-refractivity contribution in [3.63, 3.8) is 0 Å². The van der Waals surface area contributed by atoms with Gasteiger partial charge in [0.25, 0.3) is 11.8 Å². The molecule has 2 aromatic rings. The number of hydrogen-bond acceptors (Lipinski definition) is 5. The maximum absolute atomic E-state index is 12.5. The van der Waals surface area contributed by atoms with E-state index in [1.165, 1.54) is 14.2 Å². The molecule has 0 saturated heterocycles. The third-order valence-electron chi connectivity index (χ3n) is 4.23. The van der Waals surface area contributed by atoms with E-state index in [2.05, 4.69) is 0 Å². The topological polar surface area (TPSA) is 72.9 Å². The van der Waals surface area contributed by atoms with Crippen LogP contribution in [0.15, 0.2) is 36.4 Å². The van der Waals surface area contributed by atoms with Crippen LogP contribution < -0.4 is 4.74 Å². The molecule has 3 rings (SSSR count). The molecule has 0 saturated carbocycles. The first-order chi connectivity index (χ1) is 12.0. The van der Waals surface area contributed by atoms with Crippen molar-refractivity contribution in [3.05, 3.63) is 64.2 Å². The van der Waals surface area contributed by atoms with Gasteiger partial charge in [-0.05, 0) is 42.3 Å². The molecule has 0 atom stereocenters. The normalized spacial score (nSPS) is 13.0. The first-order valence-corrected chi connectivity index (χ1v) is 7.69. The summed E-state index contributed by atoms with van der Waals surface area (Å²) in [6, 6.07) is 9.95. The summed E-state index contributed by atoms with van der Waals surface area (Å²) in [4.78, 5) is 38.3. The first kappa shape index (κ1) is 16.7. The minimum absolute atomic E-state index is 0.0343. The van der Waals surface area contributed by atoms with Crippen LogP contribution in [0.1, 0.15) is 42.2 Å². The number of benzene rings is 2. The highest BCUT2D eigenvalue weighted by Crippen LogP contribution is 2.28. The molecule has 25 heavy (non-hydrogen) atoms. The lowest BCUT2D eigenvalue weighted by molar-refractivity contribution is 0.0583. The van der Waals surface area contributed by atoms with E-state index < -0.39 is 5.97 Å². The van der Waals surface area contributed by atoms with E-state index in [0.717, 1.165) is 10.5 Å². The van der Waals surface area contributed by atoms with Gasteiger partial charge in [-0.2, -0.15) is 0 Å². The number of carbonyl (C=O) groups excluding carboxylic acids is 3. The van der Waals surface area contributed by atoms with Crippen molar-refractivity contribution in [2.45, 2.75) is 13.5 Å². The van der Waals surface area contributed by atoms with Gasteiger partial charge in [-0.25, -0.2) is 4.79 Å². The summed E-state index contributed by atoms with van der Waals surface area (Å²) < 4.78 is 10.1. The third kappa shape index (κ3) is 2.76. The van der Waals surface area contributed by atoms with Gasteiger partial charge in [-0.1, -0.05) is 12.1 Å². The molecule has 2 aromatic carbocycles. The first-order valence-electron chi connectivity index (χ1n) is 7.69. The maximum Gasteiger partial charge on any atom is 0.338 e. The SMILES string of the molecule is COC(=O)c1cc(C)c(OC)cc1CN1C(=O)c2ccccc2C1=O. The Kier molecular flexibility index (Phi) is 4.27. The third-order valence-corrected chi connectivity index (χ3v) is 4.23. The van der Waals surface area contributed by atoms with Crippen molar-refractivity contribution < 1.29 is 23.9 Å². The number of methoxy groups -OCH3 is 2. The number of aryl methyl sites for hydroxylation is 1. The van der Waals surface area contributed by atoms with Gasteiger partial charge in [0.15, 0.2) is 0 Å². The summed E-state index contributed by atoms with van der Waals surface area (Å²) in [5.74, 6) is -0.719. The molecule has 1 aliphatic heterocycles. The highest BCUT2D eigenvalue weighted by Gasteiger charge is 2.35. The summed E-state index contributed by atoms with van der Waals surface area (Å²) in [7, 11) is 2.81. The zero-order chi connectivity index (χ0) is 18.1. The average Bonchev–Trinajstić information content (AvgIpc) is 2.87. The fraction of sp³-hybridized carbons (Fsp3) is 0.211. The van der Waals surface area contributed by atoms with Crippen LogP contribution in [0, 0.1) is 6.92 Å². The zero-order valence-corrected chi connectivity index (χ0v) is 14.2. The number of hydrogen-bond donors (Lipinski definition) is 0. The Bertz CT molecular complexity index is 852. The minimum atomic E-state index is -0.530. The van der Waals surface area contributed by atoms with E-state index in [1.807, 2.05) is 0 Å². The fourth-order valence-corrected chi connectivity index (χ4v) is 2.93. The summed E-state index contributed by atoms with van der Waals surface area (Å²) in [6.07, 6.45) is 0. The number of esters is 1. The van der Waals surface area contributed by atoms with Crippen LogP contribution in [0.2, 0.25) is 0 Å². The smallest absolute Gasteiger partial charge is 0.338 e. The standard InChI is InChI=1S/C19H17NO5/c1-11-8-15(19(23)25-3)12(9-16(11)24-2)10-20-17(21)13-6-4-5-7-14(13)18(20)22/h4-9H,10H2,1-3H3. The van der Waals surface area contributed by atoms with Gasteiger partial charge >= 0.3 is 5.97 Å². The number of nitrogens with zero attached hydrogens (tertiary/aromatic N) is 1. The molecule has 0 aromatic heterocycles. The molecule has 0 spiro atoms. The fourth-order valence-electron chi connectivity index (χ4n) is 2.93. The number of rotatable bonds is 4. The van der Waals surface area contributed by atoms with E-state index in [1.54, 1.807) is 43.3 Å². The van der Waals surface area contributed by atoms with Gasteiger partial charge in [0.1, 0.15) is 5.75 Å². The van der Waals surface area contributed by atoms with Crippen LogP contribution in [0.25, 0.3) is 0 Å². The second-order valence-corrected chi connectivity index (χ2v) is 5.71. The monoisotopic (exact) mass is 339 g/mol. The molecular weight excluding hydrogens is 322 g/mol. The molecule has 0 fully saturated rings. The van der Waals surface area contributed by atoms with Gasteiger partial charge < -0.3 is 9.47 Å². The number of fused-ring (bicyclic) bond motifs is 1. The molecular formula is C19H17NO5. The lowest BCUT2D eigenvalue weighted by atomic mass is 10.0. The molecule has 0 aliphatic carbocycles.